The van der Waals surface area contributed by atoms with E-state index < -0.39 is 0 Å². The maximum absolute atomic E-state index is 12.0. The second kappa shape index (κ2) is 4.72. The number of fused-ring (bicyclic) bond motifs is 1. The predicted molar refractivity (Wildman–Crippen MR) is 77.3 cm³/mol. The average Bonchev–Trinajstić information content (AvgIpc) is 3.19. The Morgan fingerprint density at radius 1 is 1.29 bits per heavy atom. The van der Waals surface area contributed by atoms with Gasteiger partial charge < -0.3 is 4.90 Å². The van der Waals surface area contributed by atoms with Crippen LogP contribution in [0.3, 0.4) is 0 Å². The standard InChI is InChI=1S/C13H15N7O/c21-12-9-6-15-19-11(9)16-13(17-12)20-5-1-2-8(7-20)10-3-4-14-18-10/h3-4,6,8H,1-2,5,7H2,(H,14,18)(H2,15,16,17,19,21). The number of rotatable bonds is 2. The third-order valence-corrected chi connectivity index (χ3v) is 3.99. The highest BCUT2D eigenvalue weighted by Gasteiger charge is 2.24. The first kappa shape index (κ1) is 12.1. The molecule has 3 aromatic heterocycles. The Kier molecular flexibility index (Phi) is 2.73. The minimum atomic E-state index is -0.160. The van der Waals surface area contributed by atoms with Gasteiger partial charge in [-0.2, -0.15) is 15.2 Å². The van der Waals surface area contributed by atoms with Gasteiger partial charge in [0.05, 0.1) is 6.20 Å². The van der Waals surface area contributed by atoms with Crippen LogP contribution in [-0.4, -0.2) is 43.5 Å². The smallest absolute Gasteiger partial charge is 0.263 e. The molecule has 8 nitrogen and oxygen atoms in total. The highest BCUT2D eigenvalue weighted by atomic mass is 16.1. The molecule has 4 rings (SSSR count). The Morgan fingerprint density at radius 2 is 2.24 bits per heavy atom. The van der Waals surface area contributed by atoms with E-state index in [0.29, 0.717) is 22.9 Å². The molecule has 0 spiro atoms. The molecule has 1 saturated heterocycles. The Hall–Kier alpha value is -2.64. The number of aromatic amines is 3. The molecule has 0 bridgehead atoms. The second-order valence-corrected chi connectivity index (χ2v) is 5.32. The third-order valence-electron chi connectivity index (χ3n) is 3.99. The summed E-state index contributed by atoms with van der Waals surface area (Å²) in [6.45, 7) is 1.69. The third kappa shape index (κ3) is 2.08. The minimum Gasteiger partial charge on any atom is -0.342 e. The molecule has 1 aliphatic heterocycles. The number of piperidine rings is 1. The molecule has 1 unspecified atom stereocenters. The van der Waals surface area contributed by atoms with Crippen LogP contribution in [0.1, 0.15) is 24.5 Å². The zero-order valence-corrected chi connectivity index (χ0v) is 11.3. The van der Waals surface area contributed by atoms with E-state index >= 15 is 0 Å². The fraction of sp³-hybridized carbons (Fsp3) is 0.385. The van der Waals surface area contributed by atoms with Crippen LogP contribution in [0.4, 0.5) is 5.95 Å². The topological polar surface area (TPSA) is 106 Å². The van der Waals surface area contributed by atoms with Crippen LogP contribution in [0.15, 0.2) is 23.3 Å². The van der Waals surface area contributed by atoms with Gasteiger partial charge in [0.25, 0.3) is 5.56 Å². The van der Waals surface area contributed by atoms with Gasteiger partial charge in [0.2, 0.25) is 5.95 Å². The van der Waals surface area contributed by atoms with Crippen LogP contribution < -0.4 is 10.5 Å². The molecule has 1 fully saturated rings. The van der Waals surface area contributed by atoms with Crippen molar-refractivity contribution in [1.29, 1.82) is 0 Å². The van der Waals surface area contributed by atoms with Crippen molar-refractivity contribution >= 4 is 17.0 Å². The van der Waals surface area contributed by atoms with Gasteiger partial charge >= 0.3 is 0 Å². The Balaban J connectivity index is 1.66. The second-order valence-electron chi connectivity index (χ2n) is 5.32. The quantitative estimate of drug-likeness (QED) is 0.644. The van der Waals surface area contributed by atoms with Crippen LogP contribution in [-0.2, 0) is 0 Å². The number of anilines is 1. The average molecular weight is 285 g/mol. The lowest BCUT2D eigenvalue weighted by molar-refractivity contribution is 0.495. The molecule has 0 saturated carbocycles. The maximum atomic E-state index is 12.0. The molecule has 108 valence electrons. The lowest BCUT2D eigenvalue weighted by Crippen LogP contribution is -2.36. The Bertz CT molecular complexity index is 803. The van der Waals surface area contributed by atoms with E-state index in [1.807, 2.05) is 6.07 Å². The summed E-state index contributed by atoms with van der Waals surface area (Å²) < 4.78 is 0. The summed E-state index contributed by atoms with van der Waals surface area (Å²) in [4.78, 5) is 21.4. The monoisotopic (exact) mass is 285 g/mol. The van der Waals surface area contributed by atoms with Crippen molar-refractivity contribution < 1.29 is 0 Å². The highest BCUT2D eigenvalue weighted by molar-refractivity contribution is 5.73. The number of H-pyrrole nitrogens is 3. The van der Waals surface area contributed by atoms with E-state index in [1.54, 1.807) is 6.20 Å². The first-order chi connectivity index (χ1) is 10.3. The summed E-state index contributed by atoms with van der Waals surface area (Å²) in [7, 11) is 0. The molecule has 0 aliphatic carbocycles. The zero-order chi connectivity index (χ0) is 14.2. The molecule has 3 N–H and O–H groups in total. The molecule has 3 aromatic rings. The summed E-state index contributed by atoms with van der Waals surface area (Å²) in [5.74, 6) is 0.977. The molecule has 4 heterocycles. The SMILES string of the molecule is O=c1[nH]c(N2CCCC(c3ccn[nH]3)C2)nc2[nH]ncc12. The van der Waals surface area contributed by atoms with E-state index in [-0.39, 0.29) is 5.56 Å². The van der Waals surface area contributed by atoms with Gasteiger partial charge in [0.1, 0.15) is 5.39 Å². The molecular formula is C13H15N7O. The minimum absolute atomic E-state index is 0.160. The lowest BCUT2D eigenvalue weighted by Gasteiger charge is -2.32. The van der Waals surface area contributed by atoms with E-state index in [9.17, 15) is 4.79 Å². The first-order valence-electron chi connectivity index (χ1n) is 6.99. The van der Waals surface area contributed by atoms with Crippen molar-refractivity contribution in [3.05, 3.63) is 34.5 Å². The Morgan fingerprint density at radius 3 is 3.10 bits per heavy atom. The largest absolute Gasteiger partial charge is 0.342 e. The molecular weight excluding hydrogens is 270 g/mol. The zero-order valence-electron chi connectivity index (χ0n) is 11.3. The fourth-order valence-electron chi connectivity index (χ4n) is 2.90. The van der Waals surface area contributed by atoms with Gasteiger partial charge in [-0.05, 0) is 18.9 Å². The molecule has 0 amide bonds. The van der Waals surface area contributed by atoms with Crippen LogP contribution in [0, 0.1) is 0 Å². The van der Waals surface area contributed by atoms with Gasteiger partial charge in [0, 0.05) is 30.9 Å². The van der Waals surface area contributed by atoms with E-state index in [2.05, 4.69) is 35.3 Å². The number of aromatic nitrogens is 6. The number of nitrogens with zero attached hydrogens (tertiary/aromatic N) is 4. The van der Waals surface area contributed by atoms with Crippen LogP contribution in [0.5, 0.6) is 0 Å². The molecule has 1 atom stereocenters. The molecule has 0 aromatic carbocycles. The summed E-state index contributed by atoms with van der Waals surface area (Å²) in [6.07, 6.45) is 5.42. The van der Waals surface area contributed by atoms with Crippen molar-refractivity contribution in [3.63, 3.8) is 0 Å². The van der Waals surface area contributed by atoms with Crippen molar-refractivity contribution in [2.45, 2.75) is 18.8 Å². The van der Waals surface area contributed by atoms with Crippen LogP contribution >= 0.6 is 0 Å². The summed E-state index contributed by atoms with van der Waals surface area (Å²) in [5.41, 5.74) is 1.49. The number of hydrogen-bond acceptors (Lipinski definition) is 5. The van der Waals surface area contributed by atoms with E-state index in [4.69, 9.17) is 0 Å². The van der Waals surface area contributed by atoms with Gasteiger partial charge in [-0.1, -0.05) is 0 Å². The summed E-state index contributed by atoms with van der Waals surface area (Å²) in [5, 5.41) is 14.1. The van der Waals surface area contributed by atoms with Crippen molar-refractivity contribution in [3.8, 4) is 0 Å². The first-order valence-corrected chi connectivity index (χ1v) is 6.99. The summed E-state index contributed by atoms with van der Waals surface area (Å²) in [6, 6.07) is 2.00. The normalized spacial score (nSPS) is 19.2. The number of hydrogen-bond donors (Lipinski definition) is 3. The van der Waals surface area contributed by atoms with E-state index in [0.717, 1.165) is 31.6 Å². The van der Waals surface area contributed by atoms with Crippen molar-refractivity contribution in [2.24, 2.45) is 0 Å². The molecule has 8 heteroatoms. The molecule has 21 heavy (non-hydrogen) atoms. The van der Waals surface area contributed by atoms with Crippen LogP contribution in [0.25, 0.3) is 11.0 Å². The van der Waals surface area contributed by atoms with Gasteiger partial charge in [-0.3, -0.25) is 20.0 Å². The summed E-state index contributed by atoms with van der Waals surface area (Å²) >= 11 is 0. The van der Waals surface area contributed by atoms with Crippen LogP contribution in [0.2, 0.25) is 0 Å². The fourth-order valence-corrected chi connectivity index (χ4v) is 2.90. The predicted octanol–water partition coefficient (Wildman–Crippen LogP) is 0.753. The maximum Gasteiger partial charge on any atom is 0.263 e. The van der Waals surface area contributed by atoms with E-state index in [1.165, 1.54) is 6.20 Å². The van der Waals surface area contributed by atoms with Gasteiger partial charge in [0.15, 0.2) is 5.65 Å². The van der Waals surface area contributed by atoms with Crippen molar-refractivity contribution in [1.82, 2.24) is 30.4 Å². The highest BCUT2D eigenvalue weighted by Crippen LogP contribution is 2.27. The lowest BCUT2D eigenvalue weighted by atomic mass is 9.95. The van der Waals surface area contributed by atoms with Crippen molar-refractivity contribution in [2.75, 3.05) is 18.0 Å². The van der Waals surface area contributed by atoms with Gasteiger partial charge in [-0.25, -0.2) is 0 Å². The van der Waals surface area contributed by atoms with Gasteiger partial charge in [-0.15, -0.1) is 0 Å². The molecule has 1 aliphatic rings. The molecule has 0 radical (unpaired) electrons. The number of nitrogens with one attached hydrogen (secondary N) is 3. The Labute approximate surface area is 119 Å².